The van der Waals surface area contributed by atoms with Crippen LogP contribution in [0, 0.1) is 0 Å². The second kappa shape index (κ2) is 8.53. The Hall–Kier alpha value is -1.55. The van der Waals surface area contributed by atoms with Gasteiger partial charge in [0.1, 0.15) is 6.29 Å². The lowest BCUT2D eigenvalue weighted by atomic mass is 10.2. The molecule has 0 heterocycles. The van der Waals surface area contributed by atoms with E-state index < -0.39 is 0 Å². The number of hydrogen-bond donors (Lipinski definition) is 0. The predicted molar refractivity (Wildman–Crippen MR) is 76.3 cm³/mol. The van der Waals surface area contributed by atoms with E-state index in [4.69, 9.17) is 9.47 Å². The Balaban J connectivity index is 2.49. The van der Waals surface area contributed by atoms with Gasteiger partial charge in [-0.1, -0.05) is 13.8 Å². The molecule has 4 nitrogen and oxygen atoms in total. The number of carbonyl (C=O) groups is 1. The lowest BCUT2D eigenvalue weighted by Crippen LogP contribution is -2.25. The van der Waals surface area contributed by atoms with Gasteiger partial charge < -0.3 is 14.4 Å². The SMILES string of the molecule is CCN(CC)CCCOc1cc(C=O)ccc1OC. The highest BCUT2D eigenvalue weighted by Gasteiger charge is 2.06. The number of carbonyl (C=O) groups excluding carboxylic acids is 1. The van der Waals surface area contributed by atoms with Crippen LogP contribution in [-0.2, 0) is 0 Å². The van der Waals surface area contributed by atoms with Crippen molar-refractivity contribution in [2.45, 2.75) is 20.3 Å². The Kier molecular flexibility index (Phi) is 6.97. The Bertz CT molecular complexity index is 389. The maximum absolute atomic E-state index is 10.8. The zero-order chi connectivity index (χ0) is 14.1. The summed E-state index contributed by atoms with van der Waals surface area (Å²) in [6.07, 6.45) is 1.76. The minimum atomic E-state index is 0.597. The third kappa shape index (κ3) is 4.91. The third-order valence-corrected chi connectivity index (χ3v) is 3.09. The van der Waals surface area contributed by atoms with Gasteiger partial charge in [-0.25, -0.2) is 0 Å². The first-order valence-electron chi connectivity index (χ1n) is 6.73. The monoisotopic (exact) mass is 265 g/mol. The molecule has 0 spiro atoms. The fourth-order valence-electron chi connectivity index (χ4n) is 1.89. The number of ether oxygens (including phenoxy) is 2. The highest BCUT2D eigenvalue weighted by Crippen LogP contribution is 2.27. The highest BCUT2D eigenvalue weighted by atomic mass is 16.5. The highest BCUT2D eigenvalue weighted by molar-refractivity contribution is 5.76. The summed E-state index contributed by atoms with van der Waals surface area (Å²) < 4.78 is 10.9. The molecule has 1 rings (SSSR count). The average molecular weight is 265 g/mol. The standard InChI is InChI=1S/C15H23NO3/c1-4-16(5-2)9-6-10-19-15-11-13(12-17)7-8-14(15)18-3/h7-8,11-12H,4-6,9-10H2,1-3H3. The number of hydrogen-bond acceptors (Lipinski definition) is 4. The van der Waals surface area contributed by atoms with E-state index >= 15 is 0 Å². The van der Waals surface area contributed by atoms with Gasteiger partial charge in [0.15, 0.2) is 11.5 Å². The molecule has 0 saturated carbocycles. The molecule has 0 aliphatic rings. The van der Waals surface area contributed by atoms with Crippen LogP contribution in [0.4, 0.5) is 0 Å². The molecular formula is C15H23NO3. The first-order chi connectivity index (χ1) is 9.24. The van der Waals surface area contributed by atoms with E-state index in [-0.39, 0.29) is 0 Å². The maximum atomic E-state index is 10.8. The van der Waals surface area contributed by atoms with Gasteiger partial charge in [-0.2, -0.15) is 0 Å². The van der Waals surface area contributed by atoms with Crippen molar-refractivity contribution in [2.75, 3.05) is 33.4 Å². The summed E-state index contributed by atoms with van der Waals surface area (Å²) in [7, 11) is 1.60. The molecule has 0 N–H and O–H groups in total. The van der Waals surface area contributed by atoms with Gasteiger partial charge in [-0.3, -0.25) is 4.79 Å². The number of rotatable bonds is 9. The summed E-state index contributed by atoms with van der Waals surface area (Å²) >= 11 is 0. The van der Waals surface area contributed by atoms with Crippen molar-refractivity contribution in [3.63, 3.8) is 0 Å². The molecule has 0 bridgehead atoms. The van der Waals surface area contributed by atoms with E-state index in [1.165, 1.54) is 0 Å². The van der Waals surface area contributed by atoms with Crippen LogP contribution in [-0.4, -0.2) is 44.5 Å². The summed E-state index contributed by atoms with van der Waals surface area (Å²) in [4.78, 5) is 13.1. The van der Waals surface area contributed by atoms with Gasteiger partial charge in [0, 0.05) is 12.1 Å². The lowest BCUT2D eigenvalue weighted by molar-refractivity contribution is 0.112. The van der Waals surface area contributed by atoms with E-state index in [9.17, 15) is 4.79 Å². The molecule has 0 amide bonds. The predicted octanol–water partition coefficient (Wildman–Crippen LogP) is 2.62. The normalized spacial score (nSPS) is 10.5. The summed E-state index contributed by atoms with van der Waals surface area (Å²) in [5.74, 6) is 1.29. The van der Waals surface area contributed by atoms with Crippen molar-refractivity contribution < 1.29 is 14.3 Å². The van der Waals surface area contributed by atoms with Crippen molar-refractivity contribution in [1.82, 2.24) is 4.90 Å². The van der Waals surface area contributed by atoms with Crippen LogP contribution in [0.2, 0.25) is 0 Å². The first-order valence-corrected chi connectivity index (χ1v) is 6.73. The topological polar surface area (TPSA) is 38.8 Å². The van der Waals surface area contributed by atoms with Gasteiger partial charge in [0.05, 0.1) is 13.7 Å². The molecule has 0 unspecified atom stereocenters. The molecule has 0 radical (unpaired) electrons. The van der Waals surface area contributed by atoms with Crippen LogP contribution in [0.3, 0.4) is 0 Å². The van der Waals surface area contributed by atoms with Gasteiger partial charge in [-0.05, 0) is 37.7 Å². The van der Waals surface area contributed by atoms with E-state index in [0.717, 1.165) is 32.3 Å². The fraction of sp³-hybridized carbons (Fsp3) is 0.533. The molecular weight excluding hydrogens is 242 g/mol. The Morgan fingerprint density at radius 1 is 1.21 bits per heavy atom. The number of aldehydes is 1. The molecule has 0 aliphatic carbocycles. The molecule has 0 atom stereocenters. The van der Waals surface area contributed by atoms with Crippen LogP contribution in [0.5, 0.6) is 11.5 Å². The van der Waals surface area contributed by atoms with E-state index in [1.54, 1.807) is 25.3 Å². The zero-order valence-corrected chi connectivity index (χ0v) is 12.0. The summed E-state index contributed by atoms with van der Waals surface area (Å²) in [6.45, 7) is 8.06. The number of nitrogens with zero attached hydrogens (tertiary/aromatic N) is 1. The van der Waals surface area contributed by atoms with Crippen LogP contribution in [0.1, 0.15) is 30.6 Å². The van der Waals surface area contributed by atoms with E-state index in [2.05, 4.69) is 18.7 Å². The van der Waals surface area contributed by atoms with Crippen molar-refractivity contribution in [1.29, 1.82) is 0 Å². The second-order valence-electron chi connectivity index (χ2n) is 4.26. The van der Waals surface area contributed by atoms with Gasteiger partial charge in [0.25, 0.3) is 0 Å². The largest absolute Gasteiger partial charge is 0.493 e. The van der Waals surface area contributed by atoms with Crippen molar-refractivity contribution in [2.24, 2.45) is 0 Å². The molecule has 0 saturated heterocycles. The summed E-state index contributed by atoms with van der Waals surface area (Å²) in [5, 5.41) is 0. The molecule has 0 aromatic heterocycles. The smallest absolute Gasteiger partial charge is 0.161 e. The Labute approximate surface area is 115 Å². The lowest BCUT2D eigenvalue weighted by Gasteiger charge is -2.18. The maximum Gasteiger partial charge on any atom is 0.161 e. The molecule has 1 aromatic rings. The molecule has 0 fully saturated rings. The minimum Gasteiger partial charge on any atom is -0.493 e. The molecule has 1 aromatic carbocycles. The third-order valence-electron chi connectivity index (χ3n) is 3.09. The van der Waals surface area contributed by atoms with Crippen LogP contribution >= 0.6 is 0 Å². The molecule has 106 valence electrons. The van der Waals surface area contributed by atoms with Crippen LogP contribution in [0.15, 0.2) is 18.2 Å². The van der Waals surface area contributed by atoms with Crippen LogP contribution < -0.4 is 9.47 Å². The quantitative estimate of drug-likeness (QED) is 0.508. The van der Waals surface area contributed by atoms with E-state index in [1.807, 2.05) is 0 Å². The fourth-order valence-corrected chi connectivity index (χ4v) is 1.89. The van der Waals surface area contributed by atoms with Gasteiger partial charge >= 0.3 is 0 Å². The first kappa shape index (κ1) is 15.5. The van der Waals surface area contributed by atoms with E-state index in [0.29, 0.717) is 23.7 Å². The molecule has 19 heavy (non-hydrogen) atoms. The van der Waals surface area contributed by atoms with Gasteiger partial charge in [-0.15, -0.1) is 0 Å². The summed E-state index contributed by atoms with van der Waals surface area (Å²) in [5.41, 5.74) is 0.597. The Morgan fingerprint density at radius 2 is 1.95 bits per heavy atom. The Morgan fingerprint density at radius 3 is 2.53 bits per heavy atom. The van der Waals surface area contributed by atoms with Crippen LogP contribution in [0.25, 0.3) is 0 Å². The summed E-state index contributed by atoms with van der Waals surface area (Å²) in [6, 6.07) is 5.18. The average Bonchev–Trinajstić information content (AvgIpc) is 2.47. The zero-order valence-electron chi connectivity index (χ0n) is 12.0. The number of benzene rings is 1. The number of methoxy groups -OCH3 is 1. The minimum absolute atomic E-state index is 0.597. The van der Waals surface area contributed by atoms with Crippen molar-refractivity contribution in [3.8, 4) is 11.5 Å². The second-order valence-corrected chi connectivity index (χ2v) is 4.26. The van der Waals surface area contributed by atoms with Crippen molar-refractivity contribution in [3.05, 3.63) is 23.8 Å². The molecule has 4 heteroatoms. The van der Waals surface area contributed by atoms with Crippen molar-refractivity contribution >= 4 is 6.29 Å². The van der Waals surface area contributed by atoms with Gasteiger partial charge in [0.2, 0.25) is 0 Å². The molecule has 0 aliphatic heterocycles.